The number of carbonyl (C=O) groups excluding carboxylic acids is 3. The first-order chi connectivity index (χ1) is 15.6. The van der Waals surface area contributed by atoms with Crippen molar-refractivity contribution in [1.29, 1.82) is 0 Å². The lowest BCUT2D eigenvalue weighted by molar-refractivity contribution is -0.155. The van der Waals surface area contributed by atoms with Crippen LogP contribution in [0, 0.1) is 0 Å². The van der Waals surface area contributed by atoms with E-state index in [0.29, 0.717) is 24.8 Å². The second kappa shape index (κ2) is 11.1. The lowest BCUT2D eigenvalue weighted by atomic mass is 10.0. The Morgan fingerprint density at radius 1 is 1.12 bits per heavy atom. The number of nitrogens with zero attached hydrogens (tertiary/aromatic N) is 2. The van der Waals surface area contributed by atoms with E-state index in [1.165, 1.54) is 11.3 Å². The van der Waals surface area contributed by atoms with Crippen LogP contribution in [0.15, 0.2) is 18.0 Å². The summed E-state index contributed by atoms with van der Waals surface area (Å²) in [5.41, 5.74) is 2.08. The number of aryl methyl sites for hydroxylation is 1. The maximum Gasteiger partial charge on any atom is 0.408 e. The van der Waals surface area contributed by atoms with Gasteiger partial charge in [-0.05, 0) is 72.3 Å². The molecule has 1 fully saturated rings. The topological polar surface area (TPSA) is 114 Å². The molecule has 34 heavy (non-hydrogen) atoms. The number of aromatic nitrogens is 2. The van der Waals surface area contributed by atoms with E-state index in [0.717, 1.165) is 12.8 Å². The van der Waals surface area contributed by atoms with Gasteiger partial charge in [-0.15, -0.1) is 0 Å². The molecule has 2 atom stereocenters. The van der Waals surface area contributed by atoms with Gasteiger partial charge in [0.15, 0.2) is 5.78 Å². The van der Waals surface area contributed by atoms with E-state index >= 15 is 0 Å². The largest absolute Gasteiger partial charge is 0.460 e. The molecule has 2 aliphatic rings. The average Bonchev–Trinajstić information content (AvgIpc) is 3.33. The van der Waals surface area contributed by atoms with Gasteiger partial charge in [-0.3, -0.25) is 14.7 Å². The number of ketones is 1. The standard InChI is InChI=1S/C13H22N2O3.C12H18N2O2/c1-13(2,3)18-12(17)14-10-6-7-11(16)9(10)8-15(4)5;1-12(2,3)16-11(15)6-8-4-5-10-9(8)7-13-14-10/h8,10H,6-7H2,1-5H3,(H,14,17);7-8H,4-6H2,1-3H3,(H,13,14)/b9-8+;. The summed E-state index contributed by atoms with van der Waals surface area (Å²) in [7, 11) is 3.70. The minimum absolute atomic E-state index is 0.0877. The monoisotopic (exact) mass is 476 g/mol. The summed E-state index contributed by atoms with van der Waals surface area (Å²) in [6.07, 6.45) is 6.69. The first-order valence-corrected chi connectivity index (χ1v) is 11.8. The van der Waals surface area contributed by atoms with Gasteiger partial charge in [0.05, 0.1) is 18.7 Å². The van der Waals surface area contributed by atoms with Gasteiger partial charge in [0.1, 0.15) is 11.2 Å². The maximum atomic E-state index is 11.7. The normalized spacial score (nSPS) is 20.9. The third-order valence-electron chi connectivity index (χ3n) is 5.21. The summed E-state index contributed by atoms with van der Waals surface area (Å²) in [5.74, 6) is 0.250. The Morgan fingerprint density at radius 3 is 2.35 bits per heavy atom. The molecule has 1 amide bonds. The number of ether oxygens (including phenoxy) is 2. The number of Topliss-reactive ketones (excluding diaryl/α,β-unsaturated/α-hetero) is 1. The zero-order valence-electron chi connectivity index (χ0n) is 21.8. The molecule has 1 aromatic heterocycles. The minimum atomic E-state index is -0.530. The second-order valence-corrected chi connectivity index (χ2v) is 11.0. The van der Waals surface area contributed by atoms with E-state index < -0.39 is 17.3 Å². The summed E-state index contributed by atoms with van der Waals surface area (Å²) in [6.45, 7) is 11.1. The third kappa shape index (κ3) is 8.83. The summed E-state index contributed by atoms with van der Waals surface area (Å²) in [6, 6.07) is -0.241. The Kier molecular flexibility index (Phi) is 8.91. The van der Waals surface area contributed by atoms with Gasteiger partial charge in [0, 0.05) is 38.0 Å². The molecule has 9 heteroatoms. The molecule has 0 saturated heterocycles. The quantitative estimate of drug-likeness (QED) is 0.501. The average molecular weight is 477 g/mol. The predicted molar refractivity (Wildman–Crippen MR) is 129 cm³/mol. The molecule has 2 unspecified atom stereocenters. The molecule has 1 heterocycles. The lowest BCUT2D eigenvalue weighted by Crippen LogP contribution is -2.39. The Balaban J connectivity index is 0.000000241. The number of esters is 1. The molecule has 0 bridgehead atoms. The molecule has 1 aromatic rings. The van der Waals surface area contributed by atoms with Crippen molar-refractivity contribution < 1.29 is 23.9 Å². The van der Waals surface area contributed by atoms with Gasteiger partial charge in [-0.2, -0.15) is 5.10 Å². The fourth-order valence-electron chi connectivity index (χ4n) is 3.95. The summed E-state index contributed by atoms with van der Waals surface area (Å²) in [4.78, 5) is 36.9. The van der Waals surface area contributed by atoms with E-state index in [1.807, 2.05) is 66.7 Å². The van der Waals surface area contributed by atoms with Crippen LogP contribution in [0.2, 0.25) is 0 Å². The van der Waals surface area contributed by atoms with Gasteiger partial charge in [0.25, 0.3) is 0 Å². The number of rotatable bonds is 4. The molecule has 3 rings (SSSR count). The molecule has 0 radical (unpaired) electrons. The number of hydrogen-bond donors (Lipinski definition) is 2. The van der Waals surface area contributed by atoms with E-state index in [9.17, 15) is 14.4 Å². The van der Waals surface area contributed by atoms with E-state index in [2.05, 4.69) is 15.5 Å². The number of nitrogens with one attached hydrogen (secondary N) is 2. The van der Waals surface area contributed by atoms with Crippen molar-refractivity contribution in [2.75, 3.05) is 14.1 Å². The van der Waals surface area contributed by atoms with Crippen molar-refractivity contribution in [3.63, 3.8) is 0 Å². The Labute approximate surface area is 202 Å². The highest BCUT2D eigenvalue weighted by molar-refractivity contribution is 5.99. The van der Waals surface area contributed by atoms with Crippen molar-refractivity contribution in [3.8, 4) is 0 Å². The first kappa shape index (κ1) is 27.4. The van der Waals surface area contributed by atoms with Crippen LogP contribution in [-0.2, 0) is 25.5 Å². The fourth-order valence-corrected chi connectivity index (χ4v) is 3.95. The molecule has 190 valence electrons. The summed E-state index contributed by atoms with van der Waals surface area (Å²) < 4.78 is 10.5. The SMILES string of the molecule is CC(C)(C)OC(=O)CC1CCc2[nH]ncc21.CN(C)/C=C1/C(=O)CCC1NC(=O)OC(C)(C)C. The minimum Gasteiger partial charge on any atom is -0.460 e. The number of carbonyl (C=O) groups is 3. The molecular weight excluding hydrogens is 436 g/mol. The van der Waals surface area contributed by atoms with Crippen LogP contribution in [0.4, 0.5) is 4.79 Å². The zero-order chi connectivity index (χ0) is 25.7. The summed E-state index contributed by atoms with van der Waals surface area (Å²) in [5, 5.41) is 9.71. The fraction of sp³-hybridized carbons (Fsp3) is 0.680. The zero-order valence-corrected chi connectivity index (χ0v) is 21.8. The number of alkyl carbamates (subject to hydrolysis) is 1. The van der Waals surface area contributed by atoms with Crippen molar-refractivity contribution in [2.24, 2.45) is 0 Å². The van der Waals surface area contributed by atoms with Crippen LogP contribution in [-0.4, -0.2) is 64.3 Å². The number of amides is 1. The van der Waals surface area contributed by atoms with Gasteiger partial charge >= 0.3 is 12.1 Å². The Morgan fingerprint density at radius 2 is 1.76 bits per heavy atom. The first-order valence-electron chi connectivity index (χ1n) is 11.8. The summed E-state index contributed by atoms with van der Waals surface area (Å²) >= 11 is 0. The number of hydrogen-bond acceptors (Lipinski definition) is 7. The van der Waals surface area contributed by atoms with E-state index in [-0.39, 0.29) is 23.7 Å². The second-order valence-electron chi connectivity index (χ2n) is 11.0. The molecule has 2 aliphatic carbocycles. The highest BCUT2D eigenvalue weighted by Gasteiger charge is 2.31. The third-order valence-corrected chi connectivity index (χ3v) is 5.21. The Hall–Kier alpha value is -2.84. The van der Waals surface area contributed by atoms with E-state index in [4.69, 9.17) is 9.47 Å². The van der Waals surface area contributed by atoms with Gasteiger partial charge in [-0.25, -0.2) is 4.79 Å². The molecule has 9 nitrogen and oxygen atoms in total. The maximum absolute atomic E-state index is 11.7. The van der Waals surface area contributed by atoms with Crippen LogP contribution < -0.4 is 5.32 Å². The van der Waals surface area contributed by atoms with Crippen LogP contribution in [0.1, 0.15) is 84.4 Å². The molecule has 0 aromatic carbocycles. The lowest BCUT2D eigenvalue weighted by Gasteiger charge is -2.22. The van der Waals surface area contributed by atoms with Crippen molar-refractivity contribution in [3.05, 3.63) is 29.2 Å². The van der Waals surface area contributed by atoms with Crippen LogP contribution in [0.5, 0.6) is 0 Å². The molecule has 0 aliphatic heterocycles. The van der Waals surface area contributed by atoms with Crippen molar-refractivity contribution in [1.82, 2.24) is 20.4 Å². The van der Waals surface area contributed by atoms with Crippen LogP contribution in [0.3, 0.4) is 0 Å². The molecule has 2 N–H and O–H groups in total. The van der Waals surface area contributed by atoms with Crippen LogP contribution >= 0.6 is 0 Å². The van der Waals surface area contributed by atoms with Crippen molar-refractivity contribution >= 4 is 17.8 Å². The number of H-pyrrole nitrogens is 1. The molecule has 1 saturated carbocycles. The van der Waals surface area contributed by atoms with Crippen molar-refractivity contribution in [2.45, 2.75) is 96.8 Å². The van der Waals surface area contributed by atoms with Gasteiger partial charge in [-0.1, -0.05) is 0 Å². The van der Waals surface area contributed by atoms with Gasteiger partial charge in [0.2, 0.25) is 0 Å². The Bertz CT molecular complexity index is 905. The molecule has 0 spiro atoms. The predicted octanol–water partition coefficient (Wildman–Crippen LogP) is 3.86. The molecular formula is C25H40N4O5. The highest BCUT2D eigenvalue weighted by atomic mass is 16.6. The van der Waals surface area contributed by atoms with E-state index in [1.54, 1.807) is 6.20 Å². The van der Waals surface area contributed by atoms with Gasteiger partial charge < -0.3 is 19.7 Å². The van der Waals surface area contributed by atoms with Crippen LogP contribution in [0.25, 0.3) is 0 Å². The smallest absolute Gasteiger partial charge is 0.408 e. The number of fused-ring (bicyclic) bond motifs is 1. The number of aromatic amines is 1. The highest BCUT2D eigenvalue weighted by Crippen LogP contribution is 2.34.